The van der Waals surface area contributed by atoms with Crippen LogP contribution >= 0.6 is 0 Å². The predicted octanol–water partition coefficient (Wildman–Crippen LogP) is 14.5. The number of fused-ring (bicyclic) bond motifs is 10. The van der Waals surface area contributed by atoms with Crippen LogP contribution in [0.3, 0.4) is 0 Å². The molecule has 0 saturated heterocycles. The summed E-state index contributed by atoms with van der Waals surface area (Å²) in [5.41, 5.74) is 19.8. The van der Waals surface area contributed by atoms with Crippen LogP contribution in [-0.4, -0.2) is 8.07 Å². The van der Waals surface area contributed by atoms with Crippen LogP contribution in [0.15, 0.2) is 176 Å². The first-order chi connectivity index (χ1) is 29.1. The van der Waals surface area contributed by atoms with E-state index in [2.05, 4.69) is 222 Å². The highest BCUT2D eigenvalue weighted by Gasteiger charge is 2.41. The van der Waals surface area contributed by atoms with E-state index in [1.807, 2.05) is 0 Å². The van der Waals surface area contributed by atoms with Gasteiger partial charge in [-0.2, -0.15) is 0 Å². The largest absolute Gasteiger partial charge is 0.309 e. The molecule has 9 aromatic rings. The Hall–Kier alpha value is -6.48. The van der Waals surface area contributed by atoms with Crippen LogP contribution in [0.5, 0.6) is 0 Å². The van der Waals surface area contributed by atoms with Gasteiger partial charge in [0.2, 0.25) is 0 Å². The Bertz CT molecular complexity index is 3260. The van der Waals surface area contributed by atoms with Crippen molar-refractivity contribution in [3.05, 3.63) is 198 Å². The van der Waals surface area contributed by atoms with Crippen LogP contribution in [0.4, 0.5) is 17.1 Å². The number of benzene rings is 9. The molecule has 0 saturated carbocycles. The molecule has 0 fully saturated rings. The van der Waals surface area contributed by atoms with E-state index < -0.39 is 8.07 Å². The number of nitrogens with zero attached hydrogens (tertiary/aromatic N) is 1. The molecule has 0 bridgehead atoms. The minimum absolute atomic E-state index is 0.0791. The summed E-state index contributed by atoms with van der Waals surface area (Å²) in [4.78, 5) is 2.61. The Balaban J connectivity index is 1.20. The minimum Gasteiger partial charge on any atom is -0.309 e. The average Bonchev–Trinajstić information content (AvgIpc) is 3.65. The Morgan fingerprint density at radius 3 is 1.60 bits per heavy atom. The molecule has 0 radical (unpaired) electrons. The lowest BCUT2D eigenvalue weighted by Crippen LogP contribution is -2.58. The fourth-order valence-corrected chi connectivity index (χ4v) is 14.6. The van der Waals surface area contributed by atoms with Crippen molar-refractivity contribution < 1.29 is 0 Å². The number of anilines is 3. The maximum absolute atomic E-state index is 2.61. The van der Waals surface area contributed by atoms with Gasteiger partial charge in [-0.05, 0) is 112 Å². The lowest BCUT2D eigenvalue weighted by molar-refractivity contribution is 0.660. The highest BCUT2D eigenvalue weighted by molar-refractivity contribution is 7.02. The van der Waals surface area contributed by atoms with Crippen molar-refractivity contribution in [3.63, 3.8) is 0 Å². The second-order valence-corrected chi connectivity index (χ2v) is 23.2. The Labute approximate surface area is 354 Å². The molecular weight excluding hydrogens is 739 g/mol. The molecule has 12 rings (SSSR count). The summed E-state index contributed by atoms with van der Waals surface area (Å²) in [5, 5.41) is 8.02. The van der Waals surface area contributed by atoms with Gasteiger partial charge in [-0.3, -0.25) is 0 Å². The van der Waals surface area contributed by atoms with E-state index in [1.165, 1.54) is 116 Å². The van der Waals surface area contributed by atoms with Crippen molar-refractivity contribution >= 4 is 57.1 Å². The van der Waals surface area contributed by atoms with Crippen molar-refractivity contribution in [3.8, 4) is 44.5 Å². The van der Waals surface area contributed by atoms with Gasteiger partial charge in [0.25, 0.3) is 0 Å². The highest BCUT2D eigenvalue weighted by atomic mass is 28.3. The summed E-state index contributed by atoms with van der Waals surface area (Å²) in [7, 11) is -2.00. The second kappa shape index (κ2) is 12.3. The third-order valence-electron chi connectivity index (χ3n) is 14.6. The van der Waals surface area contributed by atoms with Crippen molar-refractivity contribution in [1.82, 2.24) is 0 Å². The van der Waals surface area contributed by atoms with E-state index in [1.54, 1.807) is 0 Å². The van der Waals surface area contributed by atoms with Gasteiger partial charge in [-0.15, -0.1) is 0 Å². The smallest absolute Gasteiger partial charge is 0.117 e. The van der Waals surface area contributed by atoms with Gasteiger partial charge >= 0.3 is 0 Å². The summed E-state index contributed by atoms with van der Waals surface area (Å²) in [6.45, 7) is 14.6. The fraction of sp³-hybridized carbons (Fsp3) is 0.138. The minimum atomic E-state index is -2.00. The number of hydrogen-bond donors (Lipinski definition) is 0. The molecule has 1 heterocycles. The van der Waals surface area contributed by atoms with Gasteiger partial charge in [0.05, 0.1) is 5.69 Å². The van der Waals surface area contributed by atoms with Crippen molar-refractivity contribution in [1.29, 1.82) is 0 Å². The molecule has 2 aliphatic carbocycles. The van der Waals surface area contributed by atoms with E-state index in [0.29, 0.717) is 0 Å². The molecule has 0 spiro atoms. The summed E-state index contributed by atoms with van der Waals surface area (Å²) < 4.78 is 0. The lowest BCUT2D eigenvalue weighted by Gasteiger charge is -2.42. The molecule has 0 N–H and O–H groups in total. The summed E-state index contributed by atoms with van der Waals surface area (Å²) in [6.07, 6.45) is 0. The molecule has 9 aromatic carbocycles. The molecule has 1 aliphatic heterocycles. The van der Waals surface area contributed by atoms with Gasteiger partial charge < -0.3 is 4.90 Å². The second-order valence-electron chi connectivity index (χ2n) is 18.9. The van der Waals surface area contributed by atoms with E-state index in [-0.39, 0.29) is 10.8 Å². The molecule has 2 heteroatoms. The fourth-order valence-electron chi connectivity index (χ4n) is 11.6. The van der Waals surface area contributed by atoms with E-state index in [4.69, 9.17) is 0 Å². The maximum Gasteiger partial charge on any atom is 0.117 e. The third kappa shape index (κ3) is 4.63. The Morgan fingerprint density at radius 2 is 0.867 bits per heavy atom. The number of hydrogen-bond acceptors (Lipinski definition) is 1. The molecular formula is C58H47NSi. The first-order valence-electron chi connectivity index (χ1n) is 21.5. The highest BCUT2D eigenvalue weighted by Crippen LogP contribution is 2.56. The van der Waals surface area contributed by atoms with Gasteiger partial charge in [-0.25, -0.2) is 0 Å². The SMILES string of the molecule is CC1(C)c2ccccc2-c2ccc(-c3ccc4c(N5c6ccccc6[Si](C)(C)c6ccccc65)c5ccccc5c(-c5cccc6c5-c5ccccc5C6(C)C)c4c3)cc21. The topological polar surface area (TPSA) is 3.24 Å². The lowest BCUT2D eigenvalue weighted by atomic mass is 9.80. The molecule has 3 aliphatic rings. The van der Waals surface area contributed by atoms with Crippen LogP contribution in [0.1, 0.15) is 49.9 Å². The Morgan fingerprint density at radius 1 is 0.367 bits per heavy atom. The number of rotatable bonds is 3. The van der Waals surface area contributed by atoms with Crippen molar-refractivity contribution in [2.75, 3.05) is 4.90 Å². The molecule has 0 aromatic heterocycles. The quantitative estimate of drug-likeness (QED) is 0.127. The van der Waals surface area contributed by atoms with Crippen molar-refractivity contribution in [2.45, 2.75) is 51.6 Å². The van der Waals surface area contributed by atoms with Gasteiger partial charge in [0.1, 0.15) is 8.07 Å². The van der Waals surface area contributed by atoms with Crippen LogP contribution in [0.2, 0.25) is 13.1 Å². The predicted molar refractivity (Wildman–Crippen MR) is 259 cm³/mol. The number of para-hydroxylation sites is 2. The first-order valence-corrected chi connectivity index (χ1v) is 24.5. The summed E-state index contributed by atoms with van der Waals surface area (Å²) in [6, 6.07) is 67.2. The maximum atomic E-state index is 2.61. The van der Waals surface area contributed by atoms with Gasteiger partial charge in [0, 0.05) is 33.0 Å². The molecule has 288 valence electrons. The van der Waals surface area contributed by atoms with Crippen LogP contribution in [0, 0.1) is 0 Å². The molecule has 0 atom stereocenters. The summed E-state index contributed by atoms with van der Waals surface area (Å²) in [5.74, 6) is 0. The zero-order chi connectivity index (χ0) is 40.7. The first kappa shape index (κ1) is 35.5. The van der Waals surface area contributed by atoms with E-state index >= 15 is 0 Å². The monoisotopic (exact) mass is 785 g/mol. The Kier molecular flexibility index (Phi) is 7.26. The van der Waals surface area contributed by atoms with Gasteiger partial charge in [-0.1, -0.05) is 192 Å². The average molecular weight is 786 g/mol. The molecule has 0 unspecified atom stereocenters. The molecule has 1 nitrogen and oxygen atoms in total. The normalized spacial score (nSPS) is 15.9. The third-order valence-corrected chi connectivity index (χ3v) is 18.2. The van der Waals surface area contributed by atoms with Crippen LogP contribution in [-0.2, 0) is 10.8 Å². The standard InChI is InChI=1S/C58H47NSi/c1-57(2)47-24-12-10-21-43(47)55-44(22-17-25-48(55)57)54-40-19-7-8-20-41(40)56(59-50-26-13-15-28-52(50)60(5,6)53-29-16-14-27-51(53)59)42-33-31-36(34-45(42)54)37-30-32-39-38-18-9-11-23-46(38)58(3,4)49(39)35-37/h7-35H,1-6H3. The van der Waals surface area contributed by atoms with Crippen LogP contribution < -0.4 is 15.3 Å². The summed E-state index contributed by atoms with van der Waals surface area (Å²) >= 11 is 0. The van der Waals surface area contributed by atoms with E-state index in [0.717, 1.165) is 0 Å². The molecule has 60 heavy (non-hydrogen) atoms. The van der Waals surface area contributed by atoms with Crippen LogP contribution in [0.25, 0.3) is 66.1 Å². The van der Waals surface area contributed by atoms with E-state index in [9.17, 15) is 0 Å². The molecule has 0 amide bonds. The zero-order valence-electron chi connectivity index (χ0n) is 35.2. The van der Waals surface area contributed by atoms with Gasteiger partial charge in [0.15, 0.2) is 0 Å². The van der Waals surface area contributed by atoms with Crippen molar-refractivity contribution in [2.24, 2.45) is 0 Å². The zero-order valence-corrected chi connectivity index (χ0v) is 36.2.